The van der Waals surface area contributed by atoms with E-state index in [9.17, 15) is 4.79 Å². The molecule has 4 aromatic rings. The molecule has 0 aliphatic rings. The molecule has 0 saturated heterocycles. The summed E-state index contributed by atoms with van der Waals surface area (Å²) in [6.07, 6.45) is 1.57. The van der Waals surface area contributed by atoms with Gasteiger partial charge in [0.2, 0.25) is 0 Å². The Morgan fingerprint density at radius 1 is 1.03 bits per heavy atom. The monoisotopic (exact) mass is 461 g/mol. The van der Waals surface area contributed by atoms with E-state index in [2.05, 4.69) is 20.7 Å². The molecule has 0 atom stereocenters. The molecule has 0 aliphatic heterocycles. The maximum atomic E-state index is 12.3. The first kappa shape index (κ1) is 21.8. The van der Waals surface area contributed by atoms with Crippen molar-refractivity contribution in [1.82, 2.24) is 20.2 Å². The van der Waals surface area contributed by atoms with Crippen molar-refractivity contribution in [2.75, 3.05) is 5.75 Å². The van der Waals surface area contributed by atoms with Crippen LogP contribution in [-0.4, -0.2) is 32.6 Å². The van der Waals surface area contributed by atoms with E-state index in [1.165, 1.54) is 17.3 Å². The minimum atomic E-state index is -0.236. The zero-order valence-electron chi connectivity index (χ0n) is 17.3. The van der Waals surface area contributed by atoms with E-state index in [1.807, 2.05) is 78.2 Å². The summed E-state index contributed by atoms with van der Waals surface area (Å²) >= 11 is 7.17. The third-order valence-corrected chi connectivity index (χ3v) is 5.74. The van der Waals surface area contributed by atoms with Gasteiger partial charge in [0, 0.05) is 16.3 Å². The second kappa shape index (κ2) is 10.3. The molecule has 0 aliphatic carbocycles. The van der Waals surface area contributed by atoms with Gasteiger partial charge >= 0.3 is 0 Å². The topological polar surface area (TPSA) is 72.2 Å². The molecule has 1 amide bonds. The molecule has 1 heterocycles. The van der Waals surface area contributed by atoms with Crippen LogP contribution < -0.4 is 5.43 Å². The van der Waals surface area contributed by atoms with Crippen molar-refractivity contribution in [3.05, 3.63) is 95.0 Å². The SMILES string of the molecule is Cc1ccc(-c2nnc(SCC(=O)N/N=C\c3ccc(Cl)cc3)n2-c2ccccc2)cc1. The summed E-state index contributed by atoms with van der Waals surface area (Å²) in [6.45, 7) is 2.04. The zero-order chi connectivity index (χ0) is 22.3. The number of hydrogen-bond acceptors (Lipinski definition) is 5. The third-order valence-electron chi connectivity index (χ3n) is 4.56. The van der Waals surface area contributed by atoms with Gasteiger partial charge in [0.15, 0.2) is 11.0 Å². The molecule has 0 unspecified atom stereocenters. The first-order valence-electron chi connectivity index (χ1n) is 9.88. The molecule has 160 valence electrons. The molecule has 0 spiro atoms. The standard InChI is InChI=1S/C24H20ClN5OS/c1-17-7-11-19(12-8-17)23-28-29-24(30(23)21-5-3-2-4-6-21)32-16-22(31)27-26-15-18-9-13-20(25)14-10-18/h2-15H,16H2,1H3,(H,27,31)/b26-15-. The Hall–Kier alpha value is -3.42. The zero-order valence-corrected chi connectivity index (χ0v) is 18.8. The number of para-hydroxylation sites is 1. The molecule has 1 aromatic heterocycles. The van der Waals surface area contributed by atoms with Gasteiger partial charge in [-0.05, 0) is 36.8 Å². The van der Waals surface area contributed by atoms with Crippen molar-refractivity contribution in [2.24, 2.45) is 5.10 Å². The number of amides is 1. The number of carbonyl (C=O) groups is 1. The third kappa shape index (κ3) is 5.43. The van der Waals surface area contributed by atoms with Crippen LogP contribution in [0.3, 0.4) is 0 Å². The van der Waals surface area contributed by atoms with Crippen LogP contribution in [0.5, 0.6) is 0 Å². The van der Waals surface area contributed by atoms with Crippen molar-refractivity contribution in [1.29, 1.82) is 0 Å². The molecule has 1 N–H and O–H groups in total. The number of hydrogen-bond donors (Lipinski definition) is 1. The Labute approximate surface area is 195 Å². The lowest BCUT2D eigenvalue weighted by Gasteiger charge is -2.10. The number of thioether (sulfide) groups is 1. The highest BCUT2D eigenvalue weighted by Gasteiger charge is 2.17. The molecule has 8 heteroatoms. The van der Waals surface area contributed by atoms with Crippen LogP contribution in [0.2, 0.25) is 5.02 Å². The molecule has 3 aromatic carbocycles. The van der Waals surface area contributed by atoms with E-state index in [0.717, 1.165) is 22.6 Å². The van der Waals surface area contributed by atoms with E-state index in [-0.39, 0.29) is 11.7 Å². The first-order chi connectivity index (χ1) is 15.6. The number of halogens is 1. The van der Waals surface area contributed by atoms with Crippen molar-refractivity contribution in [2.45, 2.75) is 12.1 Å². The summed E-state index contributed by atoms with van der Waals surface area (Å²) in [5.74, 6) is 0.635. The van der Waals surface area contributed by atoms with Crippen LogP contribution in [0, 0.1) is 6.92 Å². The van der Waals surface area contributed by atoms with Gasteiger partial charge in [-0.2, -0.15) is 5.10 Å². The maximum Gasteiger partial charge on any atom is 0.250 e. The summed E-state index contributed by atoms with van der Waals surface area (Å²) in [4.78, 5) is 12.3. The average Bonchev–Trinajstić information content (AvgIpc) is 3.24. The highest BCUT2D eigenvalue weighted by Crippen LogP contribution is 2.28. The summed E-state index contributed by atoms with van der Waals surface area (Å²) in [7, 11) is 0. The van der Waals surface area contributed by atoms with Gasteiger partial charge in [-0.1, -0.05) is 83.5 Å². The summed E-state index contributed by atoms with van der Waals surface area (Å²) < 4.78 is 1.96. The Morgan fingerprint density at radius 3 is 2.47 bits per heavy atom. The van der Waals surface area contributed by atoms with Crippen molar-refractivity contribution in [3.63, 3.8) is 0 Å². The second-order valence-corrected chi connectivity index (χ2v) is 8.36. The van der Waals surface area contributed by atoms with Crippen LogP contribution in [0.15, 0.2) is 89.1 Å². The van der Waals surface area contributed by atoms with E-state index in [4.69, 9.17) is 11.6 Å². The van der Waals surface area contributed by atoms with E-state index >= 15 is 0 Å². The number of hydrazone groups is 1. The van der Waals surface area contributed by atoms with Crippen molar-refractivity contribution < 1.29 is 4.79 Å². The quantitative estimate of drug-likeness (QED) is 0.235. The van der Waals surface area contributed by atoms with Gasteiger partial charge in [-0.25, -0.2) is 5.43 Å². The Morgan fingerprint density at radius 2 is 1.75 bits per heavy atom. The lowest BCUT2D eigenvalue weighted by atomic mass is 10.1. The Kier molecular flexibility index (Phi) is 6.99. The summed E-state index contributed by atoms with van der Waals surface area (Å²) in [5.41, 5.74) is 6.43. The summed E-state index contributed by atoms with van der Waals surface area (Å²) in [5, 5.41) is 14.0. The fraction of sp³-hybridized carbons (Fsp3) is 0.0833. The Balaban J connectivity index is 1.49. The number of nitrogens with one attached hydrogen (secondary N) is 1. The van der Waals surface area contributed by atoms with Gasteiger partial charge in [0.25, 0.3) is 5.91 Å². The normalized spacial score (nSPS) is 11.1. The smallest absolute Gasteiger partial charge is 0.250 e. The van der Waals surface area contributed by atoms with Crippen LogP contribution >= 0.6 is 23.4 Å². The number of benzene rings is 3. The van der Waals surface area contributed by atoms with Gasteiger partial charge in [0.05, 0.1) is 12.0 Å². The van der Waals surface area contributed by atoms with Crippen molar-refractivity contribution in [3.8, 4) is 17.1 Å². The molecule has 0 radical (unpaired) electrons. The van der Waals surface area contributed by atoms with Gasteiger partial charge in [-0.15, -0.1) is 10.2 Å². The highest BCUT2D eigenvalue weighted by atomic mass is 35.5. The molecule has 4 rings (SSSR count). The molecule has 0 fully saturated rings. The number of rotatable bonds is 7. The fourth-order valence-corrected chi connectivity index (χ4v) is 3.82. The predicted molar refractivity (Wildman–Crippen MR) is 129 cm³/mol. The first-order valence-corrected chi connectivity index (χ1v) is 11.2. The largest absolute Gasteiger partial charge is 0.272 e. The van der Waals surface area contributed by atoms with E-state index in [0.29, 0.717) is 10.2 Å². The van der Waals surface area contributed by atoms with E-state index < -0.39 is 0 Å². The van der Waals surface area contributed by atoms with Gasteiger partial charge < -0.3 is 0 Å². The second-order valence-electron chi connectivity index (χ2n) is 6.98. The number of carbonyl (C=O) groups excluding carboxylic acids is 1. The minimum Gasteiger partial charge on any atom is -0.272 e. The fourth-order valence-electron chi connectivity index (χ4n) is 2.95. The molecule has 32 heavy (non-hydrogen) atoms. The Bertz CT molecular complexity index is 1220. The number of aryl methyl sites for hydroxylation is 1. The summed E-state index contributed by atoms with van der Waals surface area (Å²) in [6, 6.07) is 25.1. The molecule has 0 saturated carbocycles. The molecule has 0 bridgehead atoms. The average molecular weight is 462 g/mol. The van der Waals surface area contributed by atoms with Gasteiger partial charge in [-0.3, -0.25) is 9.36 Å². The molecular formula is C24H20ClN5OS. The predicted octanol–water partition coefficient (Wildman–Crippen LogP) is 5.14. The van der Waals surface area contributed by atoms with E-state index in [1.54, 1.807) is 18.3 Å². The highest BCUT2D eigenvalue weighted by molar-refractivity contribution is 7.99. The lowest BCUT2D eigenvalue weighted by Crippen LogP contribution is -2.20. The number of nitrogens with zero attached hydrogens (tertiary/aromatic N) is 4. The van der Waals surface area contributed by atoms with Crippen LogP contribution in [0.4, 0.5) is 0 Å². The van der Waals surface area contributed by atoms with Crippen LogP contribution in [-0.2, 0) is 4.79 Å². The maximum absolute atomic E-state index is 12.3. The minimum absolute atomic E-state index is 0.150. The molecule has 6 nitrogen and oxygen atoms in total. The van der Waals surface area contributed by atoms with Crippen molar-refractivity contribution >= 4 is 35.5 Å². The van der Waals surface area contributed by atoms with Gasteiger partial charge in [0.1, 0.15) is 0 Å². The number of aromatic nitrogens is 3. The van der Waals surface area contributed by atoms with Crippen LogP contribution in [0.25, 0.3) is 17.1 Å². The lowest BCUT2D eigenvalue weighted by molar-refractivity contribution is -0.118. The van der Waals surface area contributed by atoms with Crippen LogP contribution in [0.1, 0.15) is 11.1 Å². The molecular weight excluding hydrogens is 442 g/mol.